The largest absolute Gasteiger partial charge is 0.115 e. The molecule has 1 rings (SSSR count). The fourth-order valence-corrected chi connectivity index (χ4v) is 1.24. The van der Waals surface area contributed by atoms with E-state index in [1.54, 1.807) is 0 Å². The van der Waals surface area contributed by atoms with Crippen molar-refractivity contribution in [1.82, 2.24) is 0 Å². The van der Waals surface area contributed by atoms with Crippen LogP contribution < -0.4 is 0 Å². The van der Waals surface area contributed by atoms with Gasteiger partial charge in [-0.15, -0.1) is 6.42 Å². The van der Waals surface area contributed by atoms with Crippen molar-refractivity contribution in [2.75, 3.05) is 0 Å². The van der Waals surface area contributed by atoms with Crippen LogP contribution in [0, 0.1) is 22.8 Å². The molecule has 0 aromatic heterocycles. The van der Waals surface area contributed by atoms with E-state index in [2.05, 4.69) is 34.6 Å². The summed E-state index contributed by atoms with van der Waals surface area (Å²) in [6.45, 7) is 2.04. The van der Waals surface area contributed by atoms with Crippen LogP contribution in [0.15, 0.2) is 18.2 Å². The van der Waals surface area contributed by atoms with E-state index in [0.717, 1.165) is 9.13 Å². The zero-order chi connectivity index (χ0) is 7.56. The lowest BCUT2D eigenvalue weighted by molar-refractivity contribution is 1.43. The summed E-state index contributed by atoms with van der Waals surface area (Å²) in [4.78, 5) is 0. The van der Waals surface area contributed by atoms with Crippen molar-refractivity contribution >= 4 is 22.6 Å². The number of halogens is 1. The van der Waals surface area contributed by atoms with Gasteiger partial charge in [0.25, 0.3) is 0 Å². The second-order valence-corrected chi connectivity index (χ2v) is 3.29. The predicted octanol–water partition coefficient (Wildman–Crippen LogP) is 2.58. The molecule has 0 fully saturated rings. The molecule has 0 spiro atoms. The van der Waals surface area contributed by atoms with Gasteiger partial charge in [-0.2, -0.15) is 0 Å². The van der Waals surface area contributed by atoms with E-state index in [4.69, 9.17) is 6.42 Å². The first-order valence-corrected chi connectivity index (χ1v) is 4.04. The lowest BCUT2D eigenvalue weighted by Crippen LogP contribution is -1.81. The molecule has 50 valence electrons. The van der Waals surface area contributed by atoms with Crippen LogP contribution in [0.25, 0.3) is 0 Å². The summed E-state index contributed by atoms with van der Waals surface area (Å²) in [5.74, 6) is 2.63. The monoisotopic (exact) mass is 242 g/mol. The Hall–Kier alpha value is -0.490. The molecule has 0 unspecified atom stereocenters. The Kier molecular flexibility index (Phi) is 2.34. The zero-order valence-corrected chi connectivity index (χ0v) is 7.84. The molecule has 0 N–H and O–H groups in total. The van der Waals surface area contributed by atoms with E-state index < -0.39 is 0 Å². The van der Waals surface area contributed by atoms with Crippen LogP contribution >= 0.6 is 22.6 Å². The van der Waals surface area contributed by atoms with Crippen LogP contribution in [-0.2, 0) is 0 Å². The fourth-order valence-electron chi connectivity index (χ4n) is 0.750. The Bertz CT molecular complexity index is 281. The molecule has 0 bridgehead atoms. The first-order valence-electron chi connectivity index (χ1n) is 2.97. The zero-order valence-electron chi connectivity index (χ0n) is 5.69. The molecule has 10 heavy (non-hydrogen) atoms. The van der Waals surface area contributed by atoms with Crippen molar-refractivity contribution in [3.63, 3.8) is 0 Å². The van der Waals surface area contributed by atoms with Gasteiger partial charge in [-0.1, -0.05) is 12.0 Å². The standard InChI is InChI=1S/C9H7I/c1-3-8-6-7(2)4-5-9(8)10/h1,4-6H,2H3. The van der Waals surface area contributed by atoms with E-state index in [1.807, 2.05) is 19.1 Å². The van der Waals surface area contributed by atoms with Crippen LogP contribution in [0.2, 0.25) is 0 Å². The highest BCUT2D eigenvalue weighted by Gasteiger charge is 1.93. The molecular formula is C9H7I. The maximum Gasteiger partial charge on any atom is 0.0378 e. The van der Waals surface area contributed by atoms with Crippen molar-refractivity contribution in [1.29, 1.82) is 0 Å². The number of hydrogen-bond acceptors (Lipinski definition) is 0. The molecular weight excluding hydrogens is 235 g/mol. The highest BCUT2D eigenvalue weighted by molar-refractivity contribution is 14.1. The molecule has 0 aliphatic carbocycles. The second kappa shape index (κ2) is 3.07. The van der Waals surface area contributed by atoms with Gasteiger partial charge in [-0.25, -0.2) is 0 Å². The Balaban J connectivity index is 3.25. The Morgan fingerprint density at radius 1 is 1.50 bits per heavy atom. The maximum absolute atomic E-state index is 5.26. The highest BCUT2D eigenvalue weighted by atomic mass is 127. The van der Waals surface area contributed by atoms with Gasteiger partial charge in [0.2, 0.25) is 0 Å². The number of rotatable bonds is 0. The van der Waals surface area contributed by atoms with Gasteiger partial charge >= 0.3 is 0 Å². The van der Waals surface area contributed by atoms with E-state index in [0.29, 0.717) is 0 Å². The first-order chi connectivity index (χ1) is 4.74. The minimum atomic E-state index is 0.987. The summed E-state index contributed by atoms with van der Waals surface area (Å²) in [5, 5.41) is 0. The summed E-state index contributed by atoms with van der Waals surface area (Å²) in [6, 6.07) is 6.11. The van der Waals surface area contributed by atoms with E-state index in [1.165, 1.54) is 5.56 Å². The normalized spacial score (nSPS) is 8.90. The quantitative estimate of drug-likeness (QED) is 0.484. The second-order valence-electron chi connectivity index (χ2n) is 2.13. The molecule has 0 saturated heterocycles. The Labute approximate surface area is 74.8 Å². The molecule has 0 saturated carbocycles. The summed E-state index contributed by atoms with van der Waals surface area (Å²) >= 11 is 2.23. The molecule has 0 aliphatic rings. The molecule has 0 atom stereocenters. The van der Waals surface area contributed by atoms with Gasteiger partial charge in [-0.3, -0.25) is 0 Å². The average molecular weight is 242 g/mol. The lowest BCUT2D eigenvalue weighted by atomic mass is 10.1. The van der Waals surface area contributed by atoms with Crippen LogP contribution in [0.3, 0.4) is 0 Å². The summed E-state index contributed by atoms with van der Waals surface area (Å²) in [5.41, 5.74) is 2.20. The molecule has 1 heteroatoms. The van der Waals surface area contributed by atoms with Crippen molar-refractivity contribution in [3.8, 4) is 12.3 Å². The molecule has 1 aromatic rings. The maximum atomic E-state index is 5.26. The molecule has 0 amide bonds. The highest BCUT2D eigenvalue weighted by Crippen LogP contribution is 2.12. The molecule has 1 aromatic carbocycles. The third-order valence-corrected chi connectivity index (χ3v) is 2.22. The van der Waals surface area contributed by atoms with E-state index >= 15 is 0 Å². The number of aryl methyl sites for hydroxylation is 1. The lowest BCUT2D eigenvalue weighted by Gasteiger charge is -1.96. The topological polar surface area (TPSA) is 0 Å². The van der Waals surface area contributed by atoms with Crippen LogP contribution in [0.4, 0.5) is 0 Å². The molecule has 0 heterocycles. The third kappa shape index (κ3) is 1.51. The number of benzene rings is 1. The van der Waals surface area contributed by atoms with Gasteiger partial charge in [0.05, 0.1) is 0 Å². The van der Waals surface area contributed by atoms with Crippen LogP contribution in [-0.4, -0.2) is 0 Å². The summed E-state index contributed by atoms with van der Waals surface area (Å²) in [6.07, 6.45) is 5.26. The molecule has 0 aliphatic heterocycles. The van der Waals surface area contributed by atoms with Crippen LogP contribution in [0.1, 0.15) is 11.1 Å². The van der Waals surface area contributed by atoms with Gasteiger partial charge in [0.15, 0.2) is 0 Å². The van der Waals surface area contributed by atoms with Crippen molar-refractivity contribution in [2.45, 2.75) is 6.92 Å². The smallest absolute Gasteiger partial charge is 0.0378 e. The summed E-state index contributed by atoms with van der Waals surface area (Å²) in [7, 11) is 0. The minimum Gasteiger partial charge on any atom is -0.115 e. The van der Waals surface area contributed by atoms with Crippen molar-refractivity contribution in [2.24, 2.45) is 0 Å². The number of terminal acetylenes is 1. The van der Waals surface area contributed by atoms with E-state index in [-0.39, 0.29) is 0 Å². The van der Waals surface area contributed by atoms with Crippen molar-refractivity contribution in [3.05, 3.63) is 32.9 Å². The van der Waals surface area contributed by atoms with Gasteiger partial charge in [0, 0.05) is 9.13 Å². The fraction of sp³-hybridized carbons (Fsp3) is 0.111. The predicted molar refractivity (Wildman–Crippen MR) is 51.8 cm³/mol. The average Bonchev–Trinajstić information content (AvgIpc) is 1.94. The molecule has 0 nitrogen and oxygen atoms in total. The SMILES string of the molecule is C#Cc1cc(C)ccc1I. The summed E-state index contributed by atoms with van der Waals surface area (Å²) < 4.78 is 1.14. The minimum absolute atomic E-state index is 0.987. The van der Waals surface area contributed by atoms with Gasteiger partial charge < -0.3 is 0 Å². The number of hydrogen-bond donors (Lipinski definition) is 0. The van der Waals surface area contributed by atoms with Gasteiger partial charge in [0.1, 0.15) is 0 Å². The first kappa shape index (κ1) is 7.62. The molecule has 0 radical (unpaired) electrons. The Morgan fingerprint density at radius 3 is 2.70 bits per heavy atom. The van der Waals surface area contributed by atoms with Crippen molar-refractivity contribution < 1.29 is 0 Å². The Morgan fingerprint density at radius 2 is 2.20 bits per heavy atom. The van der Waals surface area contributed by atoms with Crippen LogP contribution in [0.5, 0.6) is 0 Å². The third-order valence-electron chi connectivity index (χ3n) is 1.28. The van der Waals surface area contributed by atoms with E-state index in [9.17, 15) is 0 Å². The van der Waals surface area contributed by atoms with Gasteiger partial charge in [-0.05, 0) is 47.2 Å².